The van der Waals surface area contributed by atoms with Crippen LogP contribution in [0.15, 0.2) is 71.9 Å². The van der Waals surface area contributed by atoms with Crippen molar-refractivity contribution >= 4 is 39.1 Å². The van der Waals surface area contributed by atoms with Gasteiger partial charge in [-0.05, 0) is 42.5 Å². The predicted octanol–water partition coefficient (Wildman–Crippen LogP) is 2.35. The molecular weight excluding hydrogens is 436 g/mol. The van der Waals surface area contributed by atoms with E-state index in [-0.39, 0.29) is 36.3 Å². The zero-order chi connectivity index (χ0) is 21.6. The lowest BCUT2D eigenvalue weighted by Crippen LogP contribution is -2.46. The largest absolute Gasteiger partial charge is 0.340 e. The quantitative estimate of drug-likeness (QED) is 0.507. The number of sulfonamides is 1. The molecule has 1 aromatic heterocycles. The number of rotatable bonds is 9. The summed E-state index contributed by atoms with van der Waals surface area (Å²) in [5.41, 5.74) is 6.66. The summed E-state index contributed by atoms with van der Waals surface area (Å²) in [6.45, 7) is 2.32. The lowest BCUT2D eigenvalue weighted by molar-refractivity contribution is -0.129. The van der Waals surface area contributed by atoms with Crippen LogP contribution in [-0.2, 0) is 21.2 Å². The number of carbonyl (C=O) groups excluding carboxylic acids is 1. The van der Waals surface area contributed by atoms with E-state index in [1.54, 1.807) is 48.5 Å². The van der Waals surface area contributed by atoms with Gasteiger partial charge in [-0.25, -0.2) is 13.1 Å². The number of benzene rings is 2. The number of nitrogens with two attached hydrogens (primary N) is 1. The first-order valence-corrected chi connectivity index (χ1v) is 11.3. The van der Waals surface area contributed by atoms with Crippen LogP contribution in [0.2, 0.25) is 0 Å². The van der Waals surface area contributed by atoms with Crippen LogP contribution in [-0.4, -0.2) is 49.9 Å². The van der Waals surface area contributed by atoms with Crippen molar-refractivity contribution in [3.05, 3.63) is 72.6 Å². The summed E-state index contributed by atoms with van der Waals surface area (Å²) >= 11 is 0. The normalized spacial score (nSPS) is 12.2. The van der Waals surface area contributed by atoms with Gasteiger partial charge in [0, 0.05) is 36.9 Å². The van der Waals surface area contributed by atoms with Crippen LogP contribution in [0.5, 0.6) is 0 Å². The molecule has 2 aromatic carbocycles. The number of amides is 1. The highest BCUT2D eigenvalue weighted by molar-refractivity contribution is 7.89. The summed E-state index contributed by atoms with van der Waals surface area (Å²) in [7, 11) is -3.74. The molecule has 0 spiro atoms. The maximum absolute atomic E-state index is 12.8. The van der Waals surface area contributed by atoms with Crippen molar-refractivity contribution in [2.75, 3.05) is 19.6 Å². The molecule has 0 aliphatic carbocycles. The van der Waals surface area contributed by atoms with Crippen molar-refractivity contribution in [3.8, 4) is 0 Å². The van der Waals surface area contributed by atoms with Crippen LogP contribution in [0, 0.1) is 0 Å². The van der Waals surface area contributed by atoms with E-state index in [4.69, 9.17) is 5.73 Å². The highest BCUT2D eigenvalue weighted by Gasteiger charge is 2.21. The van der Waals surface area contributed by atoms with E-state index in [0.29, 0.717) is 13.0 Å². The molecule has 3 aromatic rings. The van der Waals surface area contributed by atoms with E-state index < -0.39 is 16.1 Å². The smallest absolute Gasteiger partial charge is 0.240 e. The van der Waals surface area contributed by atoms with Gasteiger partial charge in [0.2, 0.25) is 15.9 Å². The minimum absolute atomic E-state index is 0. The fourth-order valence-electron chi connectivity index (χ4n) is 3.28. The Hall–Kier alpha value is -2.52. The number of fused-ring (bicyclic) bond motifs is 1. The van der Waals surface area contributed by atoms with Crippen LogP contribution in [0.25, 0.3) is 10.8 Å². The van der Waals surface area contributed by atoms with E-state index in [9.17, 15) is 13.2 Å². The van der Waals surface area contributed by atoms with Crippen LogP contribution in [0.4, 0.5) is 0 Å². The fraction of sp³-hybridized carbons (Fsp3) is 0.273. The van der Waals surface area contributed by atoms with E-state index in [1.165, 1.54) is 0 Å². The molecular formula is C22H27ClN4O3S. The van der Waals surface area contributed by atoms with E-state index >= 15 is 0 Å². The number of hydrogen-bond acceptors (Lipinski definition) is 5. The van der Waals surface area contributed by atoms with Crippen molar-refractivity contribution in [1.82, 2.24) is 14.6 Å². The summed E-state index contributed by atoms with van der Waals surface area (Å²) < 4.78 is 28.3. The molecule has 0 aliphatic rings. The third-order valence-electron chi connectivity index (χ3n) is 4.81. The second-order valence-corrected chi connectivity index (χ2v) is 8.90. The van der Waals surface area contributed by atoms with Gasteiger partial charge >= 0.3 is 0 Å². The van der Waals surface area contributed by atoms with Gasteiger partial charge in [0.15, 0.2) is 0 Å². The Kier molecular flexibility index (Phi) is 8.94. The highest BCUT2D eigenvalue weighted by atomic mass is 35.5. The second-order valence-electron chi connectivity index (χ2n) is 7.19. The van der Waals surface area contributed by atoms with Gasteiger partial charge in [-0.15, -0.1) is 12.4 Å². The molecule has 1 atom stereocenters. The number of carbonyl (C=O) groups is 1. The van der Waals surface area contributed by atoms with Crippen LogP contribution >= 0.6 is 12.4 Å². The lowest BCUT2D eigenvalue weighted by Gasteiger charge is -2.26. The molecule has 0 radical (unpaired) electrons. The van der Waals surface area contributed by atoms with Gasteiger partial charge in [0.1, 0.15) is 0 Å². The van der Waals surface area contributed by atoms with Crippen LogP contribution < -0.4 is 10.5 Å². The fourth-order valence-corrected chi connectivity index (χ4v) is 4.55. The lowest BCUT2D eigenvalue weighted by atomic mass is 10.1. The standard InChI is InChI=1S/C22H26N4O3S.ClH/c1-17(16-26(22(27)14-23)12-10-18-5-3-2-4-6-18)25-30(28,29)21-8-7-20-15-24-11-9-19(20)13-21;/h2-9,11,13,15,17,25H,10,12,14,16,23H2,1H3;1H. The number of pyridine rings is 1. The summed E-state index contributed by atoms with van der Waals surface area (Å²) in [4.78, 5) is 18.1. The SMILES string of the molecule is CC(CN(CCc1ccccc1)C(=O)CN)NS(=O)(=O)c1ccc2cnccc2c1.Cl. The molecule has 31 heavy (non-hydrogen) atoms. The zero-order valence-corrected chi connectivity index (χ0v) is 18.9. The Bertz CT molecular complexity index is 1110. The van der Waals surface area contributed by atoms with Gasteiger partial charge in [0.25, 0.3) is 0 Å². The van der Waals surface area contributed by atoms with Crippen LogP contribution in [0.3, 0.4) is 0 Å². The summed E-state index contributed by atoms with van der Waals surface area (Å²) in [6, 6.07) is 16.0. The molecule has 0 saturated carbocycles. The third kappa shape index (κ3) is 6.73. The van der Waals surface area contributed by atoms with Gasteiger partial charge in [-0.2, -0.15) is 0 Å². The highest BCUT2D eigenvalue weighted by Crippen LogP contribution is 2.18. The number of aromatic nitrogens is 1. The van der Waals surface area contributed by atoms with Crippen molar-refractivity contribution in [2.45, 2.75) is 24.3 Å². The maximum atomic E-state index is 12.8. The monoisotopic (exact) mass is 462 g/mol. The molecule has 166 valence electrons. The van der Waals surface area contributed by atoms with Crippen molar-refractivity contribution in [3.63, 3.8) is 0 Å². The first kappa shape index (κ1) is 24.7. The minimum atomic E-state index is -3.74. The number of hydrogen-bond donors (Lipinski definition) is 2. The average molecular weight is 463 g/mol. The number of nitrogens with zero attached hydrogens (tertiary/aromatic N) is 2. The van der Waals surface area contributed by atoms with Crippen molar-refractivity contribution in [1.29, 1.82) is 0 Å². The second kappa shape index (κ2) is 11.2. The molecule has 1 amide bonds. The molecule has 9 heteroatoms. The Morgan fingerprint density at radius 2 is 1.87 bits per heavy atom. The minimum Gasteiger partial charge on any atom is -0.340 e. The third-order valence-corrected chi connectivity index (χ3v) is 6.40. The summed E-state index contributed by atoms with van der Waals surface area (Å²) in [5, 5.41) is 1.66. The topological polar surface area (TPSA) is 105 Å². The molecule has 3 rings (SSSR count). The Morgan fingerprint density at radius 1 is 1.13 bits per heavy atom. The summed E-state index contributed by atoms with van der Waals surface area (Å²) in [6.07, 6.45) is 3.98. The maximum Gasteiger partial charge on any atom is 0.240 e. The van der Waals surface area contributed by atoms with Gasteiger partial charge in [-0.3, -0.25) is 9.78 Å². The van der Waals surface area contributed by atoms with E-state index in [2.05, 4.69) is 9.71 Å². The van der Waals surface area contributed by atoms with Crippen molar-refractivity contribution < 1.29 is 13.2 Å². The number of halogens is 1. The van der Waals surface area contributed by atoms with Gasteiger partial charge in [0.05, 0.1) is 11.4 Å². The molecule has 0 aliphatic heterocycles. The molecule has 7 nitrogen and oxygen atoms in total. The van der Waals surface area contributed by atoms with Gasteiger partial charge in [-0.1, -0.05) is 36.4 Å². The molecule has 1 heterocycles. The molecule has 3 N–H and O–H groups in total. The van der Waals surface area contributed by atoms with Gasteiger partial charge < -0.3 is 10.6 Å². The first-order chi connectivity index (χ1) is 14.4. The number of nitrogens with one attached hydrogen (secondary N) is 1. The Balaban J connectivity index is 0.00000341. The Morgan fingerprint density at radius 3 is 2.58 bits per heavy atom. The van der Waals surface area contributed by atoms with E-state index in [0.717, 1.165) is 16.3 Å². The molecule has 0 fully saturated rings. The average Bonchev–Trinajstić information content (AvgIpc) is 2.76. The molecule has 0 bridgehead atoms. The molecule has 1 unspecified atom stereocenters. The van der Waals surface area contributed by atoms with E-state index in [1.807, 2.05) is 30.3 Å². The first-order valence-electron chi connectivity index (χ1n) is 9.77. The predicted molar refractivity (Wildman–Crippen MR) is 125 cm³/mol. The van der Waals surface area contributed by atoms with Crippen molar-refractivity contribution in [2.24, 2.45) is 5.73 Å². The summed E-state index contributed by atoms with van der Waals surface area (Å²) in [5.74, 6) is -0.213. The zero-order valence-electron chi connectivity index (χ0n) is 17.3. The Labute approximate surface area is 189 Å². The molecule has 0 saturated heterocycles. The van der Waals surface area contributed by atoms with Crippen LogP contribution in [0.1, 0.15) is 12.5 Å².